The average molecular weight is 380 g/mol. The molecule has 142 valence electrons. The Morgan fingerprint density at radius 2 is 1.62 bits per heavy atom. The van der Waals surface area contributed by atoms with Crippen LogP contribution in [0.1, 0.15) is 23.0 Å². The maximum Gasteiger partial charge on any atom is 0.140 e. The number of rotatable bonds is 5. The lowest BCUT2D eigenvalue weighted by molar-refractivity contribution is 0.270. The number of hydrogen-bond donors (Lipinski definition) is 1. The van der Waals surface area contributed by atoms with E-state index in [1.54, 1.807) is 6.20 Å². The second kappa shape index (κ2) is 7.37. The lowest BCUT2D eigenvalue weighted by Gasteiger charge is -2.19. The number of fused-ring (bicyclic) bond motifs is 1. The van der Waals surface area contributed by atoms with Gasteiger partial charge in [0.15, 0.2) is 0 Å². The molecule has 2 aromatic heterocycles. The van der Waals surface area contributed by atoms with E-state index in [4.69, 9.17) is 4.98 Å². The maximum atomic E-state index is 9.89. The summed E-state index contributed by atoms with van der Waals surface area (Å²) in [5.41, 5.74) is 5.11. The van der Waals surface area contributed by atoms with Crippen molar-refractivity contribution in [3.8, 4) is 5.69 Å². The molecule has 1 N–H and O–H groups in total. The first-order valence-corrected chi connectivity index (χ1v) is 9.55. The van der Waals surface area contributed by atoms with Gasteiger partial charge in [-0.05, 0) is 35.4 Å². The van der Waals surface area contributed by atoms with Gasteiger partial charge in [0.05, 0.1) is 23.4 Å². The van der Waals surface area contributed by atoms with Crippen LogP contribution in [0.15, 0.2) is 97.6 Å². The van der Waals surface area contributed by atoms with Crippen LogP contribution in [-0.2, 0) is 6.61 Å². The summed E-state index contributed by atoms with van der Waals surface area (Å²) in [6, 6.07) is 26.7. The van der Waals surface area contributed by atoms with Crippen molar-refractivity contribution in [1.29, 1.82) is 0 Å². The SMILES string of the molecule is OCc1nc2cc(C(c3ccccc3)n3ccnc3)ccc2n1-c1ccccc1. The number of aliphatic hydroxyl groups excluding tert-OH is 1. The highest BCUT2D eigenvalue weighted by molar-refractivity contribution is 5.79. The molecule has 0 aliphatic rings. The average Bonchev–Trinajstić information content (AvgIpc) is 3.43. The van der Waals surface area contributed by atoms with E-state index in [1.165, 1.54) is 5.56 Å². The lowest BCUT2D eigenvalue weighted by atomic mass is 9.98. The molecule has 2 heterocycles. The van der Waals surface area contributed by atoms with Gasteiger partial charge in [0.2, 0.25) is 0 Å². The molecule has 0 bridgehead atoms. The number of imidazole rings is 2. The van der Waals surface area contributed by atoms with E-state index < -0.39 is 0 Å². The van der Waals surface area contributed by atoms with Gasteiger partial charge in [-0.1, -0.05) is 54.6 Å². The van der Waals surface area contributed by atoms with E-state index in [0.717, 1.165) is 22.3 Å². The maximum absolute atomic E-state index is 9.89. The molecule has 29 heavy (non-hydrogen) atoms. The third-order valence-corrected chi connectivity index (χ3v) is 5.16. The van der Waals surface area contributed by atoms with Crippen molar-refractivity contribution in [2.75, 3.05) is 0 Å². The Hall–Kier alpha value is -3.70. The van der Waals surface area contributed by atoms with Gasteiger partial charge in [0.1, 0.15) is 12.4 Å². The minimum Gasteiger partial charge on any atom is -0.388 e. The summed E-state index contributed by atoms with van der Waals surface area (Å²) in [6.45, 7) is -0.122. The van der Waals surface area contributed by atoms with Crippen LogP contribution in [-0.4, -0.2) is 24.2 Å². The van der Waals surface area contributed by atoms with Crippen LogP contribution in [0.4, 0.5) is 0 Å². The predicted molar refractivity (Wildman–Crippen MR) is 113 cm³/mol. The summed E-state index contributed by atoms with van der Waals surface area (Å²) in [7, 11) is 0. The second-order valence-corrected chi connectivity index (χ2v) is 6.93. The molecule has 0 fully saturated rings. The quantitative estimate of drug-likeness (QED) is 0.493. The van der Waals surface area contributed by atoms with Crippen molar-refractivity contribution in [3.05, 3.63) is 115 Å². The molecule has 5 aromatic rings. The van der Waals surface area contributed by atoms with Crippen LogP contribution in [0.2, 0.25) is 0 Å². The molecule has 1 atom stereocenters. The summed E-state index contributed by atoms with van der Waals surface area (Å²) in [6.07, 6.45) is 5.61. The van der Waals surface area contributed by atoms with E-state index in [0.29, 0.717) is 5.82 Å². The predicted octanol–water partition coefficient (Wildman–Crippen LogP) is 4.35. The van der Waals surface area contributed by atoms with E-state index >= 15 is 0 Å². The second-order valence-electron chi connectivity index (χ2n) is 6.93. The van der Waals surface area contributed by atoms with Crippen LogP contribution < -0.4 is 0 Å². The fraction of sp³-hybridized carbons (Fsp3) is 0.0833. The molecular formula is C24H20N4O. The van der Waals surface area contributed by atoms with Gasteiger partial charge in [-0.15, -0.1) is 0 Å². The van der Waals surface area contributed by atoms with Gasteiger partial charge in [-0.25, -0.2) is 9.97 Å². The number of hydrogen-bond acceptors (Lipinski definition) is 3. The Bertz CT molecular complexity index is 1230. The van der Waals surface area contributed by atoms with Crippen LogP contribution in [0.25, 0.3) is 16.7 Å². The zero-order chi connectivity index (χ0) is 19.6. The normalized spacial score (nSPS) is 12.3. The molecule has 5 heteroatoms. The number of para-hydroxylation sites is 1. The molecule has 5 rings (SSSR count). The Morgan fingerprint density at radius 3 is 2.31 bits per heavy atom. The van der Waals surface area contributed by atoms with Gasteiger partial charge >= 0.3 is 0 Å². The summed E-state index contributed by atoms with van der Waals surface area (Å²) >= 11 is 0. The summed E-state index contributed by atoms with van der Waals surface area (Å²) in [4.78, 5) is 8.95. The third-order valence-electron chi connectivity index (χ3n) is 5.16. The lowest BCUT2D eigenvalue weighted by Crippen LogP contribution is -2.10. The Kier molecular flexibility index (Phi) is 4.42. The molecular weight excluding hydrogens is 360 g/mol. The van der Waals surface area contributed by atoms with Crippen molar-refractivity contribution in [2.45, 2.75) is 12.6 Å². The highest BCUT2D eigenvalue weighted by Crippen LogP contribution is 2.30. The standard InChI is InChI=1S/C24H20N4O/c29-16-23-26-21-15-19(11-12-22(21)28(23)20-9-5-2-6-10-20)24(27-14-13-25-17-27)18-7-3-1-4-8-18/h1-15,17,24,29H,16H2. The number of aliphatic hydroxyl groups is 1. The molecule has 0 saturated heterocycles. The van der Waals surface area contributed by atoms with Gasteiger partial charge in [0, 0.05) is 18.1 Å². The number of aromatic nitrogens is 4. The molecule has 3 aromatic carbocycles. The van der Waals surface area contributed by atoms with E-state index in [9.17, 15) is 5.11 Å². The van der Waals surface area contributed by atoms with Crippen molar-refractivity contribution >= 4 is 11.0 Å². The summed E-state index contributed by atoms with van der Waals surface area (Å²) in [5, 5.41) is 9.89. The number of benzene rings is 3. The van der Waals surface area contributed by atoms with E-state index in [-0.39, 0.29) is 12.6 Å². The smallest absolute Gasteiger partial charge is 0.140 e. The van der Waals surface area contributed by atoms with Gasteiger partial charge in [-0.2, -0.15) is 0 Å². The first-order chi connectivity index (χ1) is 14.3. The van der Waals surface area contributed by atoms with Gasteiger partial charge in [-0.3, -0.25) is 4.57 Å². The number of nitrogens with zero attached hydrogens (tertiary/aromatic N) is 4. The third kappa shape index (κ3) is 3.11. The largest absolute Gasteiger partial charge is 0.388 e. The minimum absolute atomic E-state index is 0.00236. The fourth-order valence-electron chi connectivity index (χ4n) is 3.88. The Morgan fingerprint density at radius 1 is 0.862 bits per heavy atom. The topological polar surface area (TPSA) is 55.9 Å². The van der Waals surface area contributed by atoms with Crippen molar-refractivity contribution in [3.63, 3.8) is 0 Å². The molecule has 5 nitrogen and oxygen atoms in total. The molecule has 0 saturated carbocycles. The van der Waals surface area contributed by atoms with Crippen LogP contribution >= 0.6 is 0 Å². The molecule has 0 aliphatic heterocycles. The summed E-state index contributed by atoms with van der Waals surface area (Å²) in [5.74, 6) is 0.627. The summed E-state index contributed by atoms with van der Waals surface area (Å²) < 4.78 is 4.10. The molecule has 0 amide bonds. The van der Waals surface area contributed by atoms with Crippen LogP contribution in [0.3, 0.4) is 0 Å². The van der Waals surface area contributed by atoms with Gasteiger partial charge in [0.25, 0.3) is 0 Å². The fourth-order valence-corrected chi connectivity index (χ4v) is 3.88. The first kappa shape index (κ1) is 17.4. The molecule has 0 radical (unpaired) electrons. The highest BCUT2D eigenvalue weighted by Gasteiger charge is 2.18. The molecule has 1 unspecified atom stereocenters. The Balaban J connectivity index is 1.68. The van der Waals surface area contributed by atoms with E-state index in [2.05, 4.69) is 39.9 Å². The zero-order valence-corrected chi connectivity index (χ0v) is 15.8. The van der Waals surface area contributed by atoms with Crippen molar-refractivity contribution < 1.29 is 5.11 Å². The Labute approximate surface area is 168 Å². The monoisotopic (exact) mass is 380 g/mol. The van der Waals surface area contributed by atoms with Crippen LogP contribution in [0.5, 0.6) is 0 Å². The molecule has 0 spiro atoms. The van der Waals surface area contributed by atoms with Gasteiger partial charge < -0.3 is 9.67 Å². The van der Waals surface area contributed by atoms with Crippen molar-refractivity contribution in [1.82, 2.24) is 19.1 Å². The highest BCUT2D eigenvalue weighted by atomic mass is 16.3. The van der Waals surface area contributed by atoms with E-state index in [1.807, 2.05) is 65.6 Å². The first-order valence-electron chi connectivity index (χ1n) is 9.55. The van der Waals surface area contributed by atoms with Crippen molar-refractivity contribution in [2.24, 2.45) is 0 Å². The molecule has 0 aliphatic carbocycles. The minimum atomic E-state index is -0.122. The zero-order valence-electron chi connectivity index (χ0n) is 15.8. The van der Waals surface area contributed by atoms with Crippen LogP contribution in [0, 0.1) is 0 Å².